The zero-order chi connectivity index (χ0) is 30.7. The van der Waals surface area contributed by atoms with Crippen molar-refractivity contribution in [1.82, 2.24) is 0 Å². The van der Waals surface area contributed by atoms with Gasteiger partial charge in [0.25, 0.3) is 0 Å². The number of rotatable bonds is 4. The molecule has 4 rings (SSSR count). The Hall–Kier alpha value is -3.04. The van der Waals surface area contributed by atoms with Crippen LogP contribution in [0.15, 0.2) is 24.3 Å². The molecule has 2 aromatic carbocycles. The Kier molecular flexibility index (Phi) is 10.2. The number of nitrogens with zero attached hydrogens (tertiary/aromatic N) is 2. The van der Waals surface area contributed by atoms with Crippen molar-refractivity contribution in [1.29, 1.82) is 0 Å². The number of hydrogen-bond donors (Lipinski definition) is 2. The van der Waals surface area contributed by atoms with E-state index < -0.39 is 5.97 Å². The van der Waals surface area contributed by atoms with Gasteiger partial charge < -0.3 is 9.90 Å². The molecule has 41 heavy (non-hydrogen) atoms. The van der Waals surface area contributed by atoms with Gasteiger partial charge in [0.2, 0.25) is 0 Å². The third-order valence-corrected chi connectivity index (χ3v) is 8.72. The Morgan fingerprint density at radius 1 is 0.829 bits per heavy atom. The van der Waals surface area contributed by atoms with Crippen LogP contribution in [0.4, 0.5) is 0 Å². The van der Waals surface area contributed by atoms with Crippen LogP contribution in [0.3, 0.4) is 0 Å². The third-order valence-electron chi connectivity index (χ3n) is 7.28. The van der Waals surface area contributed by atoms with Gasteiger partial charge in [-0.25, -0.2) is 0 Å². The van der Waals surface area contributed by atoms with Crippen LogP contribution in [0.25, 0.3) is 0 Å². The molecular formula is C32H45CoN2O6+. The number of ether oxygens (including phenoxy) is 2. The van der Waals surface area contributed by atoms with E-state index in [4.69, 9.17) is 19.4 Å². The van der Waals surface area contributed by atoms with Crippen molar-refractivity contribution in [2.45, 2.75) is 97.1 Å². The van der Waals surface area contributed by atoms with Crippen LogP contribution in [0.1, 0.15) is 96.4 Å². The summed E-state index contributed by atoms with van der Waals surface area (Å²) >= 11 is 1.03. The summed E-state index contributed by atoms with van der Waals surface area (Å²) in [7, 11) is 3.33. The van der Waals surface area contributed by atoms with Crippen molar-refractivity contribution in [3.63, 3.8) is 0 Å². The van der Waals surface area contributed by atoms with Crippen LogP contribution >= 0.6 is 0 Å². The van der Waals surface area contributed by atoms with Gasteiger partial charge in [0.15, 0.2) is 0 Å². The van der Waals surface area contributed by atoms with Gasteiger partial charge in [0, 0.05) is 5.97 Å². The van der Waals surface area contributed by atoms with Gasteiger partial charge in [0.05, 0.1) is 0 Å². The molecule has 9 heteroatoms. The van der Waals surface area contributed by atoms with E-state index in [1.807, 2.05) is 24.3 Å². The molecule has 1 heterocycles. The van der Waals surface area contributed by atoms with Crippen LogP contribution in [0, 0.1) is 0 Å². The number of aliphatic carboxylic acids is 1. The summed E-state index contributed by atoms with van der Waals surface area (Å²) in [4.78, 5) is 8.89. The van der Waals surface area contributed by atoms with Crippen LogP contribution in [0.2, 0.25) is 0 Å². The van der Waals surface area contributed by atoms with Crippen molar-refractivity contribution < 1.29 is 52.0 Å². The van der Waals surface area contributed by atoms with Gasteiger partial charge >= 0.3 is 228 Å². The standard InChI is InChI=1S/C30H42N2O4.C2H4O2.Co/c1-29(2,3)23-15-21(35-7)13-19(27(23)33)17-31-25-11-9-10-12-26(25)32-18-20-14-22(36-8)16-24(28(20)34)30(4,5)6;1-2(3)4;/h13-18,25-26,33-34H,9-12H2,1-8H3;1H3,(H,3,4);/q;;+2/p-1/t25-,26-;;/m1../s1. The summed E-state index contributed by atoms with van der Waals surface area (Å²) in [6, 6.07) is 8.32. The van der Waals surface area contributed by atoms with Gasteiger partial charge in [-0.3, -0.25) is 0 Å². The zero-order valence-electron chi connectivity index (χ0n) is 25.7. The number of aromatic hydroxyl groups is 2. The van der Waals surface area contributed by atoms with Crippen molar-refractivity contribution in [2.24, 2.45) is 0 Å². The van der Waals surface area contributed by atoms with E-state index in [1.165, 1.54) is 12.8 Å². The summed E-state index contributed by atoms with van der Waals surface area (Å²) in [6.07, 6.45) is 8.71. The van der Waals surface area contributed by atoms with Crippen molar-refractivity contribution in [3.05, 3.63) is 46.5 Å². The molecular weight excluding hydrogens is 567 g/mol. The molecule has 1 saturated heterocycles. The van der Waals surface area contributed by atoms with Gasteiger partial charge in [-0.05, 0) is 6.92 Å². The summed E-state index contributed by atoms with van der Waals surface area (Å²) < 4.78 is 15.8. The fourth-order valence-corrected chi connectivity index (χ4v) is 6.77. The van der Waals surface area contributed by atoms with E-state index >= 15 is 0 Å². The Balaban J connectivity index is 0.00000108. The maximum atomic E-state index is 11.2. The predicted molar refractivity (Wildman–Crippen MR) is 154 cm³/mol. The average Bonchev–Trinajstić information content (AvgIpc) is 3.21. The first kappa shape index (κ1) is 32.5. The fraction of sp³-hybridized carbons (Fsp3) is 0.531. The monoisotopic (exact) mass is 612 g/mol. The van der Waals surface area contributed by atoms with E-state index in [0.717, 1.165) is 68.6 Å². The van der Waals surface area contributed by atoms with Crippen LogP contribution in [0.5, 0.6) is 23.0 Å². The molecule has 1 saturated carbocycles. The van der Waals surface area contributed by atoms with Crippen LogP contribution in [-0.4, -0.2) is 62.2 Å². The first-order valence-corrected chi connectivity index (χ1v) is 14.9. The number of phenols is 2. The molecule has 1 aliphatic carbocycles. The summed E-state index contributed by atoms with van der Waals surface area (Å²) in [6.45, 7) is 13.6. The Morgan fingerprint density at radius 3 is 1.46 bits per heavy atom. The van der Waals surface area contributed by atoms with Gasteiger partial charge in [-0.15, -0.1) is 0 Å². The van der Waals surface area contributed by atoms with Gasteiger partial charge in [0.1, 0.15) is 0 Å². The third kappa shape index (κ3) is 7.83. The Morgan fingerprint density at radius 2 is 1.17 bits per heavy atom. The number of carboxylic acids is 1. The molecule has 227 valence electrons. The second-order valence-corrected chi connectivity index (χ2v) is 13.9. The number of fused-ring (bicyclic) bond motifs is 1. The molecule has 0 bridgehead atoms. The first-order valence-electron chi connectivity index (χ1n) is 13.9. The fourth-order valence-electron chi connectivity index (χ4n) is 5.15. The molecule has 2 aromatic rings. The molecule has 1 aliphatic heterocycles. The molecule has 0 amide bonds. The number of phenolic OH excluding ortho intramolecular Hbond substituents is 2. The minimum atomic E-state index is -1.08. The SMILES string of the molecule is CC(=O)[O-].COc1cc(C=[N+]2[Co][N+](=Cc3cc(OC)cc(C(C)(C)C)c3O)[C@@H]3CCCC[C@H]32)c(O)c(C(C)(C)C)c1. The maximum absolute atomic E-state index is 11.2. The Labute approximate surface area is 250 Å². The second kappa shape index (κ2) is 12.9. The molecule has 0 aromatic heterocycles. The van der Waals surface area contributed by atoms with Crippen LogP contribution < -0.4 is 14.6 Å². The molecule has 8 nitrogen and oxygen atoms in total. The molecule has 2 N–H and O–H groups in total. The van der Waals surface area contributed by atoms with E-state index in [-0.39, 0.29) is 10.8 Å². The quantitative estimate of drug-likeness (QED) is 0.535. The Bertz CT molecular complexity index is 1240. The van der Waals surface area contributed by atoms with Crippen molar-refractivity contribution in [2.75, 3.05) is 14.2 Å². The number of hydrogen-bond acceptors (Lipinski definition) is 6. The molecule has 2 aliphatic rings. The number of benzene rings is 2. The predicted octanol–water partition coefficient (Wildman–Crippen LogP) is 4.27. The van der Waals surface area contributed by atoms with Crippen molar-refractivity contribution in [3.8, 4) is 23.0 Å². The second-order valence-electron chi connectivity index (χ2n) is 12.6. The summed E-state index contributed by atoms with van der Waals surface area (Å²) in [5.41, 5.74) is 2.83. The van der Waals surface area contributed by atoms with E-state index in [0.29, 0.717) is 23.6 Å². The number of methoxy groups -OCH3 is 2. The van der Waals surface area contributed by atoms with E-state index in [9.17, 15) is 10.2 Å². The topological polar surface area (TPSA) is 105 Å². The molecule has 2 atom stereocenters. The average molecular weight is 613 g/mol. The van der Waals surface area contributed by atoms with Gasteiger partial charge in [-0.2, -0.15) is 0 Å². The molecule has 0 unspecified atom stereocenters. The van der Waals surface area contributed by atoms with Gasteiger partial charge in [-0.1, -0.05) is 0 Å². The normalized spacial score (nSPS) is 21.0. The summed E-state index contributed by atoms with van der Waals surface area (Å²) in [5, 5.41) is 31.3. The number of carbonyl (C=O) groups is 1. The molecule has 0 spiro atoms. The molecule has 2 fully saturated rings. The first-order chi connectivity index (χ1) is 19.1. The van der Waals surface area contributed by atoms with E-state index in [1.54, 1.807) is 14.2 Å². The zero-order valence-corrected chi connectivity index (χ0v) is 26.7. The van der Waals surface area contributed by atoms with E-state index in [2.05, 4.69) is 61.2 Å². The van der Waals surface area contributed by atoms with Crippen LogP contribution in [-0.2, 0) is 30.8 Å². The minimum absolute atomic E-state index is 0.217. The number of carboxylic acid groups (broad SMARTS) is 1. The van der Waals surface area contributed by atoms with Crippen molar-refractivity contribution >= 4 is 18.4 Å². The summed E-state index contributed by atoms with van der Waals surface area (Å²) in [5.74, 6) is 1.00. The molecule has 0 radical (unpaired) electrons. The number of carbonyl (C=O) groups excluding carboxylic acids is 1.